The van der Waals surface area contributed by atoms with Gasteiger partial charge < -0.3 is 9.47 Å². The van der Waals surface area contributed by atoms with Gasteiger partial charge in [0.2, 0.25) is 0 Å². The molecule has 1 spiro atoms. The Morgan fingerprint density at radius 1 is 1.19 bits per heavy atom. The van der Waals surface area contributed by atoms with E-state index in [0.29, 0.717) is 19.0 Å². The van der Waals surface area contributed by atoms with Crippen molar-refractivity contribution in [1.29, 1.82) is 0 Å². The summed E-state index contributed by atoms with van der Waals surface area (Å²) in [6.07, 6.45) is 8.50. The van der Waals surface area contributed by atoms with Crippen LogP contribution in [0.3, 0.4) is 0 Å². The molecule has 0 aromatic carbocycles. The Morgan fingerprint density at radius 2 is 2.08 bits per heavy atom. The second kappa shape index (κ2) is 8.03. The lowest BCUT2D eigenvalue weighted by atomic mass is 9.88. The monoisotopic (exact) mass is 359 g/mol. The minimum Gasteiger partial charge on any atom is -0.377 e. The van der Waals surface area contributed by atoms with E-state index in [0.717, 1.165) is 32.2 Å². The largest absolute Gasteiger partial charge is 0.377 e. The van der Waals surface area contributed by atoms with E-state index in [2.05, 4.69) is 9.88 Å². The summed E-state index contributed by atoms with van der Waals surface area (Å²) in [6, 6.07) is 5.66. The van der Waals surface area contributed by atoms with E-state index in [1.807, 2.05) is 18.2 Å². The zero-order valence-corrected chi connectivity index (χ0v) is 15.4. The van der Waals surface area contributed by atoms with Crippen molar-refractivity contribution in [3.63, 3.8) is 0 Å². The minimum atomic E-state index is -0.462. The molecule has 2 aliphatic heterocycles. The first-order valence-electron chi connectivity index (χ1n) is 9.90. The summed E-state index contributed by atoms with van der Waals surface area (Å²) in [4.78, 5) is 21.0. The number of carbonyl (C=O) groups is 1. The third kappa shape index (κ3) is 4.08. The molecule has 6 heteroatoms. The molecule has 3 aliphatic rings. The highest BCUT2D eigenvalue weighted by molar-refractivity contribution is 5.94. The Hall–Kier alpha value is -1.50. The van der Waals surface area contributed by atoms with Crippen LogP contribution in [0.4, 0.5) is 5.82 Å². The van der Waals surface area contributed by atoms with Gasteiger partial charge in [-0.2, -0.15) is 0 Å². The Bertz CT molecular complexity index is 606. The quantitative estimate of drug-likeness (QED) is 0.827. The first-order chi connectivity index (χ1) is 12.7. The third-order valence-corrected chi connectivity index (χ3v) is 5.84. The highest BCUT2D eigenvalue weighted by Crippen LogP contribution is 2.29. The Kier molecular flexibility index (Phi) is 5.52. The number of nitrogens with zero attached hydrogens (tertiary/aromatic N) is 3. The lowest BCUT2D eigenvalue weighted by molar-refractivity contribution is -0.146. The lowest BCUT2D eigenvalue weighted by Gasteiger charge is -2.43. The Balaban J connectivity index is 1.47. The van der Waals surface area contributed by atoms with Crippen LogP contribution in [-0.4, -0.2) is 67.4 Å². The molecule has 1 saturated carbocycles. The van der Waals surface area contributed by atoms with Gasteiger partial charge in [0.15, 0.2) is 0 Å². The normalized spacial score (nSPS) is 29.1. The van der Waals surface area contributed by atoms with E-state index in [-0.39, 0.29) is 12.5 Å². The van der Waals surface area contributed by atoms with Gasteiger partial charge in [0.25, 0.3) is 5.91 Å². The molecule has 1 aromatic rings. The summed E-state index contributed by atoms with van der Waals surface area (Å²) in [5.74, 6) is 1.46. The fraction of sp³-hybridized carbons (Fsp3) is 0.700. The van der Waals surface area contributed by atoms with Gasteiger partial charge in [-0.1, -0.05) is 25.3 Å². The van der Waals surface area contributed by atoms with Crippen LogP contribution in [0.1, 0.15) is 32.1 Å². The number of carbonyl (C=O) groups excluding carboxylic acids is 1. The molecule has 1 unspecified atom stereocenters. The van der Waals surface area contributed by atoms with Gasteiger partial charge >= 0.3 is 0 Å². The third-order valence-electron chi connectivity index (χ3n) is 5.84. The first-order valence-corrected chi connectivity index (χ1v) is 9.90. The molecular weight excluding hydrogens is 330 g/mol. The predicted octanol–water partition coefficient (Wildman–Crippen LogP) is 2.10. The van der Waals surface area contributed by atoms with Gasteiger partial charge in [-0.05, 0) is 30.9 Å². The predicted molar refractivity (Wildman–Crippen MR) is 99.1 cm³/mol. The van der Waals surface area contributed by atoms with Crippen LogP contribution >= 0.6 is 0 Å². The van der Waals surface area contributed by atoms with E-state index in [9.17, 15) is 4.79 Å². The van der Waals surface area contributed by atoms with Crippen molar-refractivity contribution >= 4 is 11.7 Å². The van der Waals surface area contributed by atoms with Gasteiger partial charge in [0, 0.05) is 25.8 Å². The average Bonchev–Trinajstić information content (AvgIpc) is 2.88. The van der Waals surface area contributed by atoms with E-state index in [4.69, 9.17) is 9.47 Å². The Morgan fingerprint density at radius 3 is 2.88 bits per heavy atom. The molecule has 1 amide bonds. The second-order valence-corrected chi connectivity index (χ2v) is 7.93. The fourth-order valence-corrected chi connectivity index (χ4v) is 4.49. The van der Waals surface area contributed by atoms with Crippen LogP contribution in [0.25, 0.3) is 0 Å². The number of hydrogen-bond acceptors (Lipinski definition) is 5. The maximum atomic E-state index is 12.4. The number of morpholine rings is 1. The molecule has 1 atom stereocenters. The zero-order valence-electron chi connectivity index (χ0n) is 15.4. The molecule has 3 fully saturated rings. The second-order valence-electron chi connectivity index (χ2n) is 7.93. The molecule has 0 radical (unpaired) electrons. The summed E-state index contributed by atoms with van der Waals surface area (Å²) >= 11 is 0. The van der Waals surface area contributed by atoms with E-state index in [1.54, 1.807) is 11.1 Å². The molecule has 4 rings (SSSR count). The number of aromatic nitrogens is 1. The van der Waals surface area contributed by atoms with Gasteiger partial charge in [0.05, 0.1) is 19.8 Å². The van der Waals surface area contributed by atoms with Crippen LogP contribution in [-0.2, 0) is 14.3 Å². The molecule has 1 aliphatic carbocycles. The molecule has 0 N–H and O–H groups in total. The summed E-state index contributed by atoms with van der Waals surface area (Å²) in [6.45, 7) is 4.74. The number of amides is 1. The zero-order chi connectivity index (χ0) is 17.8. The lowest BCUT2D eigenvalue weighted by Crippen LogP contribution is -2.61. The van der Waals surface area contributed by atoms with Crippen LogP contribution in [0, 0.1) is 5.92 Å². The molecule has 6 nitrogen and oxygen atoms in total. The number of rotatable bonds is 3. The average molecular weight is 359 g/mol. The molecule has 1 aromatic heterocycles. The highest BCUT2D eigenvalue weighted by atomic mass is 16.6. The molecule has 26 heavy (non-hydrogen) atoms. The van der Waals surface area contributed by atoms with Crippen molar-refractivity contribution in [1.82, 2.24) is 9.88 Å². The van der Waals surface area contributed by atoms with E-state index in [1.165, 1.54) is 32.1 Å². The standard InChI is InChI=1S/C20H29N3O3/c24-19-13-26-20(15-23(19)18-8-4-5-9-21-18)14-22(10-11-25-16-20)12-17-6-2-1-3-7-17/h4-5,8-9,17H,1-3,6-7,10-16H2. The minimum absolute atomic E-state index is 0.0302. The molecule has 3 heterocycles. The number of hydrogen-bond donors (Lipinski definition) is 0. The summed E-state index contributed by atoms with van der Waals surface area (Å²) < 4.78 is 12.0. The van der Waals surface area contributed by atoms with Crippen molar-refractivity contribution in [3.05, 3.63) is 24.4 Å². The Labute approximate surface area is 155 Å². The molecule has 2 saturated heterocycles. The van der Waals surface area contributed by atoms with Crippen molar-refractivity contribution in [2.24, 2.45) is 5.92 Å². The topological polar surface area (TPSA) is 54.9 Å². The van der Waals surface area contributed by atoms with Crippen LogP contribution in [0.2, 0.25) is 0 Å². The summed E-state index contributed by atoms with van der Waals surface area (Å²) in [5.41, 5.74) is -0.462. The maximum absolute atomic E-state index is 12.4. The molecular formula is C20H29N3O3. The van der Waals surface area contributed by atoms with Crippen LogP contribution < -0.4 is 4.90 Å². The molecule has 142 valence electrons. The SMILES string of the molecule is O=C1COC2(COCCN(CC3CCCCC3)C2)CN1c1ccccn1. The molecule has 0 bridgehead atoms. The number of anilines is 1. The smallest absolute Gasteiger partial charge is 0.254 e. The summed E-state index contributed by atoms with van der Waals surface area (Å²) in [5, 5.41) is 0. The number of pyridine rings is 1. The van der Waals surface area contributed by atoms with Crippen molar-refractivity contribution < 1.29 is 14.3 Å². The maximum Gasteiger partial charge on any atom is 0.254 e. The highest BCUT2D eigenvalue weighted by Gasteiger charge is 2.43. The van der Waals surface area contributed by atoms with Crippen molar-refractivity contribution in [2.75, 3.05) is 50.9 Å². The van der Waals surface area contributed by atoms with Gasteiger partial charge in [-0.15, -0.1) is 0 Å². The van der Waals surface area contributed by atoms with E-state index < -0.39 is 5.60 Å². The summed E-state index contributed by atoms with van der Waals surface area (Å²) in [7, 11) is 0. The van der Waals surface area contributed by atoms with E-state index >= 15 is 0 Å². The van der Waals surface area contributed by atoms with Gasteiger partial charge in [0.1, 0.15) is 18.0 Å². The van der Waals surface area contributed by atoms with Crippen molar-refractivity contribution in [3.8, 4) is 0 Å². The first kappa shape index (κ1) is 17.9. The number of ether oxygens (including phenoxy) is 2. The van der Waals surface area contributed by atoms with Gasteiger partial charge in [-0.3, -0.25) is 14.6 Å². The van der Waals surface area contributed by atoms with Crippen molar-refractivity contribution in [2.45, 2.75) is 37.7 Å². The van der Waals surface area contributed by atoms with Gasteiger partial charge in [-0.25, -0.2) is 4.98 Å². The van der Waals surface area contributed by atoms with Crippen LogP contribution in [0.15, 0.2) is 24.4 Å². The van der Waals surface area contributed by atoms with Crippen LogP contribution in [0.5, 0.6) is 0 Å². The fourth-order valence-electron chi connectivity index (χ4n) is 4.49.